The highest BCUT2D eigenvalue weighted by molar-refractivity contribution is 9.10. The van der Waals surface area contributed by atoms with Crippen LogP contribution in [0.5, 0.6) is 5.75 Å². The normalized spacial score (nSPS) is 10.6. The first-order valence-corrected chi connectivity index (χ1v) is 6.26. The topological polar surface area (TPSA) is 53.1 Å². The van der Waals surface area contributed by atoms with Crippen LogP contribution in [0.4, 0.5) is 0 Å². The number of halogens is 2. The number of benzene rings is 1. The van der Waals surface area contributed by atoms with Crippen molar-refractivity contribution in [2.45, 2.75) is 0 Å². The zero-order valence-electron chi connectivity index (χ0n) is 8.36. The Morgan fingerprint density at radius 3 is 2.88 bits per heavy atom. The molecular weight excluding hydrogens is 326 g/mol. The van der Waals surface area contributed by atoms with Gasteiger partial charge in [-0.25, -0.2) is 0 Å². The zero-order chi connectivity index (χ0) is 11.3. The van der Waals surface area contributed by atoms with Gasteiger partial charge in [-0.15, -0.1) is 23.7 Å². The van der Waals surface area contributed by atoms with Gasteiger partial charge in [-0.05, 0) is 34.1 Å². The molecule has 0 radical (unpaired) electrons. The quantitative estimate of drug-likeness (QED) is 0.660. The van der Waals surface area contributed by atoms with E-state index in [0.29, 0.717) is 4.70 Å². The van der Waals surface area contributed by atoms with Gasteiger partial charge in [0.25, 0.3) is 5.56 Å². The number of hydrogen-bond donors (Lipinski definition) is 2. The number of hydrogen-bond acceptors (Lipinski definition) is 3. The van der Waals surface area contributed by atoms with E-state index >= 15 is 0 Å². The molecule has 88 valence electrons. The van der Waals surface area contributed by atoms with Crippen LogP contribution in [-0.2, 0) is 0 Å². The molecule has 0 unspecified atom stereocenters. The molecule has 0 atom stereocenters. The van der Waals surface area contributed by atoms with Crippen LogP contribution in [-0.4, -0.2) is 10.1 Å². The van der Waals surface area contributed by atoms with E-state index in [-0.39, 0.29) is 23.7 Å². The van der Waals surface area contributed by atoms with Crippen LogP contribution in [0.2, 0.25) is 0 Å². The molecule has 0 fully saturated rings. The van der Waals surface area contributed by atoms with E-state index in [9.17, 15) is 9.90 Å². The van der Waals surface area contributed by atoms with Crippen molar-refractivity contribution in [2.75, 3.05) is 0 Å². The second kappa shape index (κ2) is 4.33. The Hall–Kier alpha value is -1.04. The van der Waals surface area contributed by atoms with Crippen molar-refractivity contribution >= 4 is 60.7 Å². The molecule has 0 saturated heterocycles. The summed E-state index contributed by atoms with van der Waals surface area (Å²) in [7, 11) is 0. The standard InChI is InChI=1S/C11H6BrNO2S.ClH/c12-7-4-16-10-9(7)6-3-5(14)1-2-8(6)13-11(10)15;/h1-4,14H,(H,13,15);1H. The fraction of sp³-hybridized carbons (Fsp3) is 0. The number of rotatable bonds is 0. The zero-order valence-corrected chi connectivity index (χ0v) is 11.6. The average molecular weight is 333 g/mol. The Kier molecular flexibility index (Phi) is 3.16. The minimum absolute atomic E-state index is 0. The van der Waals surface area contributed by atoms with Gasteiger partial charge in [-0.1, -0.05) is 0 Å². The lowest BCUT2D eigenvalue weighted by atomic mass is 10.1. The minimum atomic E-state index is -0.0936. The molecule has 3 nitrogen and oxygen atoms in total. The number of phenols is 1. The molecule has 1 aromatic carbocycles. The first-order chi connectivity index (χ1) is 7.66. The molecule has 3 rings (SSSR count). The lowest BCUT2D eigenvalue weighted by Gasteiger charge is -2.01. The summed E-state index contributed by atoms with van der Waals surface area (Å²) in [6, 6.07) is 4.92. The first kappa shape index (κ1) is 12.4. The van der Waals surface area contributed by atoms with Crippen molar-refractivity contribution in [3.63, 3.8) is 0 Å². The molecule has 0 aliphatic carbocycles. The summed E-state index contributed by atoms with van der Waals surface area (Å²) in [5, 5.41) is 13.1. The highest BCUT2D eigenvalue weighted by atomic mass is 79.9. The summed E-state index contributed by atoms with van der Waals surface area (Å²) in [5.74, 6) is 0.193. The van der Waals surface area contributed by atoms with Gasteiger partial charge in [0.2, 0.25) is 0 Å². The number of H-pyrrole nitrogens is 1. The van der Waals surface area contributed by atoms with Crippen LogP contribution in [0, 0.1) is 0 Å². The van der Waals surface area contributed by atoms with Gasteiger partial charge < -0.3 is 10.1 Å². The Balaban J connectivity index is 0.00000108. The van der Waals surface area contributed by atoms with Crippen LogP contribution in [0.1, 0.15) is 0 Å². The summed E-state index contributed by atoms with van der Waals surface area (Å²) in [6.45, 7) is 0. The molecule has 6 heteroatoms. The number of aromatic hydroxyl groups is 1. The molecule has 0 saturated carbocycles. The maximum Gasteiger partial charge on any atom is 0.266 e. The number of fused-ring (bicyclic) bond motifs is 3. The van der Waals surface area contributed by atoms with Crippen LogP contribution < -0.4 is 5.56 Å². The van der Waals surface area contributed by atoms with E-state index in [0.717, 1.165) is 20.8 Å². The fourth-order valence-corrected chi connectivity index (χ4v) is 3.44. The number of aromatic nitrogens is 1. The highest BCUT2D eigenvalue weighted by Gasteiger charge is 2.10. The Bertz CT molecular complexity index is 765. The maximum absolute atomic E-state index is 11.8. The lowest BCUT2D eigenvalue weighted by Crippen LogP contribution is -2.03. The van der Waals surface area contributed by atoms with Crippen molar-refractivity contribution in [1.82, 2.24) is 4.98 Å². The monoisotopic (exact) mass is 331 g/mol. The van der Waals surface area contributed by atoms with Crippen LogP contribution >= 0.6 is 39.7 Å². The molecule has 0 aliphatic heterocycles. The number of thiophene rings is 1. The fourth-order valence-electron chi connectivity index (χ4n) is 1.78. The summed E-state index contributed by atoms with van der Waals surface area (Å²) in [4.78, 5) is 14.6. The number of nitrogens with one attached hydrogen (secondary N) is 1. The number of pyridine rings is 1. The van der Waals surface area contributed by atoms with Crippen molar-refractivity contribution in [3.05, 3.63) is 38.4 Å². The average Bonchev–Trinajstić information content (AvgIpc) is 2.63. The smallest absolute Gasteiger partial charge is 0.266 e. The van der Waals surface area contributed by atoms with E-state index < -0.39 is 0 Å². The Morgan fingerprint density at radius 1 is 1.35 bits per heavy atom. The molecule has 3 aromatic rings. The first-order valence-electron chi connectivity index (χ1n) is 4.58. The van der Waals surface area contributed by atoms with Crippen LogP contribution in [0.3, 0.4) is 0 Å². The van der Waals surface area contributed by atoms with Crippen molar-refractivity contribution in [1.29, 1.82) is 0 Å². The third-order valence-corrected chi connectivity index (χ3v) is 4.38. The summed E-state index contributed by atoms with van der Waals surface area (Å²) in [5.41, 5.74) is 0.637. The van der Waals surface area contributed by atoms with Crippen molar-refractivity contribution < 1.29 is 5.11 Å². The third-order valence-electron chi connectivity index (χ3n) is 2.47. The second-order valence-corrected chi connectivity index (χ2v) is 5.21. The van der Waals surface area contributed by atoms with Crippen molar-refractivity contribution in [2.24, 2.45) is 0 Å². The number of phenolic OH excluding ortho intramolecular Hbond substituents is 1. The molecule has 17 heavy (non-hydrogen) atoms. The second-order valence-electron chi connectivity index (χ2n) is 3.47. The van der Waals surface area contributed by atoms with Gasteiger partial charge in [-0.3, -0.25) is 4.79 Å². The molecule has 2 aromatic heterocycles. The molecule has 2 N–H and O–H groups in total. The van der Waals surface area contributed by atoms with Gasteiger partial charge >= 0.3 is 0 Å². The highest BCUT2D eigenvalue weighted by Crippen LogP contribution is 2.34. The van der Waals surface area contributed by atoms with E-state index in [1.54, 1.807) is 18.2 Å². The maximum atomic E-state index is 11.8. The molecule has 2 heterocycles. The molecular formula is C11H7BrClNO2S. The molecule has 0 amide bonds. The van der Waals surface area contributed by atoms with Gasteiger partial charge in [0.05, 0.1) is 0 Å². The van der Waals surface area contributed by atoms with Gasteiger partial charge in [0.1, 0.15) is 10.4 Å². The lowest BCUT2D eigenvalue weighted by molar-refractivity contribution is 0.476. The Morgan fingerprint density at radius 2 is 2.12 bits per heavy atom. The Labute approximate surface area is 115 Å². The van der Waals surface area contributed by atoms with Crippen LogP contribution in [0.25, 0.3) is 21.0 Å². The van der Waals surface area contributed by atoms with E-state index in [1.807, 2.05) is 5.38 Å². The SMILES string of the molecule is Cl.O=c1[nH]c2ccc(O)cc2c2c(Br)csc12. The molecule has 0 bridgehead atoms. The number of aromatic amines is 1. The van der Waals surface area contributed by atoms with Crippen LogP contribution in [0.15, 0.2) is 32.8 Å². The predicted octanol–water partition coefficient (Wildman–Crippen LogP) is 3.63. The van der Waals surface area contributed by atoms with E-state index in [1.165, 1.54) is 11.3 Å². The summed E-state index contributed by atoms with van der Waals surface area (Å²) < 4.78 is 1.55. The van der Waals surface area contributed by atoms with E-state index in [4.69, 9.17) is 0 Å². The minimum Gasteiger partial charge on any atom is -0.508 e. The van der Waals surface area contributed by atoms with E-state index in [2.05, 4.69) is 20.9 Å². The van der Waals surface area contributed by atoms with Gasteiger partial charge in [0.15, 0.2) is 0 Å². The van der Waals surface area contributed by atoms with Gasteiger partial charge in [0, 0.05) is 26.1 Å². The molecule has 0 spiro atoms. The third kappa shape index (κ3) is 1.84. The predicted molar refractivity (Wildman–Crippen MR) is 76.6 cm³/mol. The summed E-state index contributed by atoms with van der Waals surface area (Å²) in [6.07, 6.45) is 0. The summed E-state index contributed by atoms with van der Waals surface area (Å²) >= 11 is 4.81. The largest absolute Gasteiger partial charge is 0.508 e. The van der Waals surface area contributed by atoms with Gasteiger partial charge in [-0.2, -0.15) is 0 Å². The molecule has 0 aliphatic rings. The van der Waals surface area contributed by atoms with Crippen molar-refractivity contribution in [3.8, 4) is 5.75 Å².